The van der Waals surface area contributed by atoms with Gasteiger partial charge in [0.05, 0.1) is 0 Å². The zero-order chi connectivity index (χ0) is 8.27. The molecule has 5 nitrogen and oxygen atoms in total. The first-order valence-electron chi connectivity index (χ1n) is 2.89. The number of carbonyl (C=O) groups is 1. The lowest BCUT2D eigenvalue weighted by atomic mass is 10.3. The van der Waals surface area contributed by atoms with Gasteiger partial charge in [0.15, 0.2) is 0 Å². The highest BCUT2D eigenvalue weighted by Gasteiger charge is 2.03. The smallest absolute Gasteiger partial charge is 0.276 e. The van der Waals surface area contributed by atoms with Gasteiger partial charge in [-0.1, -0.05) is 6.07 Å². The van der Waals surface area contributed by atoms with Crippen LogP contribution >= 0.6 is 0 Å². The molecule has 0 spiro atoms. The molecule has 0 fully saturated rings. The third-order valence-electron chi connectivity index (χ3n) is 1.08. The van der Waals surface area contributed by atoms with E-state index in [1.54, 1.807) is 12.1 Å². The van der Waals surface area contributed by atoms with Gasteiger partial charge in [-0.2, -0.15) is 0 Å². The molecule has 1 aromatic rings. The second kappa shape index (κ2) is 3.09. The highest BCUT2D eigenvalue weighted by Crippen LogP contribution is 1.95. The van der Waals surface area contributed by atoms with Crippen LogP contribution in [-0.4, -0.2) is 16.1 Å². The van der Waals surface area contributed by atoms with Crippen LogP contribution in [-0.2, 0) is 0 Å². The largest absolute Gasteiger partial charge is 0.741 e. The van der Waals surface area contributed by atoms with Gasteiger partial charge in [0.1, 0.15) is 5.69 Å². The molecule has 1 aromatic heterocycles. The lowest BCUT2D eigenvalue weighted by molar-refractivity contribution is 0.0817. The number of nitrogens with zero attached hydrogens (tertiary/aromatic N) is 2. The zero-order valence-corrected chi connectivity index (χ0v) is 5.60. The first kappa shape index (κ1) is 7.64. The van der Waals surface area contributed by atoms with Gasteiger partial charge in [0.2, 0.25) is 0 Å². The van der Waals surface area contributed by atoms with Crippen LogP contribution in [0.25, 0.3) is 0 Å². The molecule has 1 rings (SSSR count). The number of hydrogen-bond donors (Lipinski definition) is 1. The van der Waals surface area contributed by atoms with E-state index in [0.29, 0.717) is 0 Å². The minimum atomic E-state index is -0.842. The maximum Gasteiger partial charge on any atom is 0.276 e. The van der Waals surface area contributed by atoms with Gasteiger partial charge in [-0.25, -0.2) is 0 Å². The normalized spacial score (nSPS) is 9.27. The van der Waals surface area contributed by atoms with Crippen LogP contribution in [0.5, 0.6) is 0 Å². The molecular weight excluding hydrogens is 146 g/mol. The number of hydrazine groups is 1. The summed E-state index contributed by atoms with van der Waals surface area (Å²) in [6.45, 7) is 0. The average Bonchev–Trinajstić information content (AvgIpc) is 2.05. The molecule has 0 atom stereocenters. The highest BCUT2D eigenvalue weighted by atomic mass is 16.5. The monoisotopic (exact) mass is 152 g/mol. The number of aromatic nitrogens is 1. The van der Waals surface area contributed by atoms with Crippen molar-refractivity contribution >= 4 is 5.91 Å². The summed E-state index contributed by atoms with van der Waals surface area (Å²) < 4.78 is 0. The van der Waals surface area contributed by atoms with Gasteiger partial charge in [-0.3, -0.25) is 15.6 Å². The fourth-order valence-electron chi connectivity index (χ4n) is 0.602. The summed E-state index contributed by atoms with van der Waals surface area (Å²) in [6, 6.07) is 4.66. The number of pyridine rings is 1. The lowest BCUT2D eigenvalue weighted by Crippen LogP contribution is -2.31. The number of hydroxylamine groups is 1. The molecule has 0 aliphatic carbocycles. The summed E-state index contributed by atoms with van der Waals surface area (Å²) in [6.07, 6.45) is 1.41. The minimum absolute atomic E-state index is 0.0463. The quantitative estimate of drug-likeness (QED) is 0.346. The zero-order valence-electron chi connectivity index (χ0n) is 5.60. The van der Waals surface area contributed by atoms with E-state index in [1.807, 2.05) is 0 Å². The van der Waals surface area contributed by atoms with Crippen molar-refractivity contribution < 1.29 is 4.79 Å². The Morgan fingerprint density at radius 1 is 1.64 bits per heavy atom. The van der Waals surface area contributed by atoms with E-state index in [9.17, 15) is 10.0 Å². The fourth-order valence-corrected chi connectivity index (χ4v) is 0.602. The van der Waals surface area contributed by atoms with Crippen molar-refractivity contribution in [2.24, 2.45) is 5.84 Å². The molecule has 0 radical (unpaired) electrons. The molecule has 2 N–H and O–H groups in total. The van der Waals surface area contributed by atoms with Crippen LogP contribution in [0.2, 0.25) is 0 Å². The Morgan fingerprint density at radius 2 is 2.36 bits per heavy atom. The maximum atomic E-state index is 10.8. The fraction of sp³-hybridized carbons (Fsp3) is 0. The van der Waals surface area contributed by atoms with Crippen LogP contribution in [0.15, 0.2) is 24.4 Å². The molecule has 11 heavy (non-hydrogen) atoms. The summed E-state index contributed by atoms with van der Waals surface area (Å²) in [5.41, 5.74) is 0.0463. The maximum absolute atomic E-state index is 10.8. The predicted octanol–water partition coefficient (Wildman–Crippen LogP) is -0.105. The van der Waals surface area contributed by atoms with Crippen molar-refractivity contribution in [1.82, 2.24) is 10.2 Å². The Bertz CT molecular complexity index is 247. The number of carbonyl (C=O) groups excluding carboxylic acids is 1. The number of rotatable bonds is 1. The SMILES string of the molecule is NN([O-])C(=O)c1ccccn1. The van der Waals surface area contributed by atoms with Crippen LogP contribution < -0.4 is 5.84 Å². The summed E-state index contributed by atoms with van der Waals surface area (Å²) in [4.78, 5) is 14.4. The van der Waals surface area contributed by atoms with E-state index >= 15 is 0 Å². The summed E-state index contributed by atoms with van der Waals surface area (Å²) in [5.74, 6) is 3.81. The Morgan fingerprint density at radius 3 is 2.82 bits per heavy atom. The van der Waals surface area contributed by atoms with Gasteiger partial charge in [-0.15, -0.1) is 0 Å². The molecule has 0 unspecified atom stereocenters. The van der Waals surface area contributed by atoms with Gasteiger partial charge in [0, 0.05) is 6.20 Å². The first-order valence-corrected chi connectivity index (χ1v) is 2.89. The molecule has 5 heteroatoms. The van der Waals surface area contributed by atoms with E-state index in [2.05, 4.69) is 10.8 Å². The Hall–Kier alpha value is -1.46. The summed E-state index contributed by atoms with van der Waals surface area (Å²) in [7, 11) is 0. The van der Waals surface area contributed by atoms with Crippen LogP contribution in [0.4, 0.5) is 0 Å². The number of amides is 1. The van der Waals surface area contributed by atoms with Crippen LogP contribution in [0.1, 0.15) is 10.5 Å². The highest BCUT2D eigenvalue weighted by molar-refractivity contribution is 5.91. The van der Waals surface area contributed by atoms with Crippen LogP contribution in [0.3, 0.4) is 0 Å². The van der Waals surface area contributed by atoms with Crippen LogP contribution in [0, 0.1) is 5.21 Å². The second-order valence-electron chi connectivity index (χ2n) is 1.85. The molecule has 0 saturated heterocycles. The molecule has 0 aromatic carbocycles. The van der Waals surface area contributed by atoms with E-state index in [4.69, 9.17) is 0 Å². The molecule has 0 aliphatic rings. The average molecular weight is 152 g/mol. The van der Waals surface area contributed by atoms with Crippen molar-refractivity contribution in [1.29, 1.82) is 0 Å². The third-order valence-corrected chi connectivity index (χ3v) is 1.08. The lowest BCUT2D eigenvalue weighted by Gasteiger charge is -2.19. The molecular formula is C6H6N3O2-. The van der Waals surface area contributed by atoms with Crippen molar-refractivity contribution in [2.75, 3.05) is 0 Å². The Balaban J connectivity index is 2.86. The van der Waals surface area contributed by atoms with Gasteiger partial charge >= 0.3 is 0 Å². The molecule has 1 heterocycles. The predicted molar refractivity (Wildman–Crippen MR) is 38.0 cm³/mol. The van der Waals surface area contributed by atoms with Gasteiger partial charge in [-0.05, 0) is 12.1 Å². The van der Waals surface area contributed by atoms with E-state index < -0.39 is 5.91 Å². The topological polar surface area (TPSA) is 82.3 Å². The van der Waals surface area contributed by atoms with E-state index in [0.717, 1.165) is 0 Å². The number of nitrogens with two attached hydrogens (primary N) is 1. The van der Waals surface area contributed by atoms with E-state index in [-0.39, 0.29) is 10.9 Å². The minimum Gasteiger partial charge on any atom is -0.741 e. The van der Waals surface area contributed by atoms with Crippen molar-refractivity contribution in [3.05, 3.63) is 35.3 Å². The first-order chi connectivity index (χ1) is 5.22. The molecule has 0 aliphatic heterocycles. The summed E-state index contributed by atoms with van der Waals surface area (Å²) in [5, 5.41) is 10.0. The molecule has 0 saturated carbocycles. The molecule has 58 valence electrons. The Labute approximate surface area is 63.0 Å². The van der Waals surface area contributed by atoms with Crippen molar-refractivity contribution in [3.8, 4) is 0 Å². The summed E-state index contributed by atoms with van der Waals surface area (Å²) >= 11 is 0. The van der Waals surface area contributed by atoms with Crippen molar-refractivity contribution in [2.45, 2.75) is 0 Å². The van der Waals surface area contributed by atoms with Gasteiger partial charge < -0.3 is 10.4 Å². The van der Waals surface area contributed by atoms with Gasteiger partial charge in [0.25, 0.3) is 5.91 Å². The Kier molecular flexibility index (Phi) is 2.15. The molecule has 0 bridgehead atoms. The standard InChI is InChI=1S/C6H6N3O2/c7-9(11)6(10)5-3-1-2-4-8-5/h1-4H,7H2/q-1. The van der Waals surface area contributed by atoms with Crippen molar-refractivity contribution in [3.63, 3.8) is 0 Å². The number of hydrogen-bond acceptors (Lipinski definition) is 4. The molecule has 1 amide bonds. The third kappa shape index (κ3) is 1.73. The second-order valence-corrected chi connectivity index (χ2v) is 1.85. The van der Waals surface area contributed by atoms with E-state index in [1.165, 1.54) is 12.3 Å².